The molecule has 102 valence electrons. The van der Waals surface area contributed by atoms with Crippen molar-refractivity contribution < 1.29 is 13.2 Å². The highest BCUT2D eigenvalue weighted by molar-refractivity contribution is 5.25. The summed E-state index contributed by atoms with van der Waals surface area (Å²) in [6.45, 7) is 1.45. The second kappa shape index (κ2) is 5.57. The smallest absolute Gasteiger partial charge is 0.299 e. The van der Waals surface area contributed by atoms with Gasteiger partial charge in [0.05, 0.1) is 5.92 Å². The minimum Gasteiger partial charge on any atom is -0.299 e. The van der Waals surface area contributed by atoms with Gasteiger partial charge in [0.2, 0.25) is 0 Å². The number of aromatic nitrogens is 1. The molecule has 6 heteroatoms. The lowest BCUT2D eigenvalue weighted by molar-refractivity contribution is -0.185. The highest BCUT2D eigenvalue weighted by Gasteiger charge is 2.40. The summed E-state index contributed by atoms with van der Waals surface area (Å²) in [6.07, 6.45) is -2.22. The van der Waals surface area contributed by atoms with Crippen molar-refractivity contribution in [3.8, 4) is 6.07 Å². The van der Waals surface area contributed by atoms with Crippen molar-refractivity contribution in [2.24, 2.45) is 5.92 Å². The molecule has 2 heterocycles. The molecule has 0 aromatic carbocycles. The van der Waals surface area contributed by atoms with Crippen molar-refractivity contribution in [1.82, 2.24) is 9.88 Å². The third-order valence-electron chi connectivity index (χ3n) is 3.40. The standard InChI is InChI=1S/C13H14F3N3/c14-13(15,16)11-2-5-19(6-3-11)9-10-1-4-18-12(7-10)8-17/h1,4,7,11H,2-3,5-6,9H2. The van der Waals surface area contributed by atoms with E-state index in [1.165, 1.54) is 0 Å². The summed E-state index contributed by atoms with van der Waals surface area (Å²) in [4.78, 5) is 5.85. The number of nitrogens with zero attached hydrogens (tertiary/aromatic N) is 3. The summed E-state index contributed by atoms with van der Waals surface area (Å²) in [5.74, 6) is -1.17. The van der Waals surface area contributed by atoms with Crippen LogP contribution in [-0.2, 0) is 6.54 Å². The van der Waals surface area contributed by atoms with E-state index in [9.17, 15) is 13.2 Å². The predicted molar refractivity (Wildman–Crippen MR) is 63.0 cm³/mol. The zero-order valence-corrected chi connectivity index (χ0v) is 10.3. The van der Waals surface area contributed by atoms with Gasteiger partial charge in [-0.1, -0.05) is 0 Å². The summed E-state index contributed by atoms with van der Waals surface area (Å²) in [6, 6.07) is 5.42. The fourth-order valence-electron chi connectivity index (χ4n) is 2.31. The normalized spacial score (nSPS) is 18.2. The van der Waals surface area contributed by atoms with E-state index in [2.05, 4.69) is 4.98 Å². The number of alkyl halides is 3. The van der Waals surface area contributed by atoms with Crippen molar-refractivity contribution in [3.05, 3.63) is 29.6 Å². The van der Waals surface area contributed by atoms with Crippen LogP contribution in [0.3, 0.4) is 0 Å². The highest BCUT2D eigenvalue weighted by atomic mass is 19.4. The Morgan fingerprint density at radius 1 is 1.37 bits per heavy atom. The Labute approximate surface area is 109 Å². The van der Waals surface area contributed by atoms with Gasteiger partial charge in [0.1, 0.15) is 11.8 Å². The molecule has 0 bridgehead atoms. The molecule has 3 nitrogen and oxygen atoms in total. The number of piperidine rings is 1. The molecule has 19 heavy (non-hydrogen) atoms. The fraction of sp³-hybridized carbons (Fsp3) is 0.538. The molecular formula is C13H14F3N3. The number of hydrogen-bond donors (Lipinski definition) is 0. The zero-order chi connectivity index (χ0) is 13.9. The first-order chi connectivity index (χ1) is 8.99. The van der Waals surface area contributed by atoms with E-state index in [0.717, 1.165) is 5.56 Å². The quantitative estimate of drug-likeness (QED) is 0.828. The van der Waals surface area contributed by atoms with Crippen molar-refractivity contribution in [2.75, 3.05) is 13.1 Å². The van der Waals surface area contributed by atoms with E-state index >= 15 is 0 Å². The lowest BCUT2D eigenvalue weighted by Crippen LogP contribution is -2.38. The van der Waals surface area contributed by atoms with Crippen molar-refractivity contribution in [2.45, 2.75) is 25.6 Å². The van der Waals surface area contributed by atoms with E-state index in [0.29, 0.717) is 25.3 Å². The molecule has 1 aromatic heterocycles. The van der Waals surface area contributed by atoms with Crippen LogP contribution in [0, 0.1) is 17.2 Å². The molecule has 1 saturated heterocycles. The maximum Gasteiger partial charge on any atom is 0.391 e. The van der Waals surface area contributed by atoms with E-state index in [-0.39, 0.29) is 12.8 Å². The second-order valence-corrected chi connectivity index (χ2v) is 4.75. The van der Waals surface area contributed by atoms with Crippen molar-refractivity contribution in [3.63, 3.8) is 0 Å². The molecule has 0 N–H and O–H groups in total. The van der Waals surface area contributed by atoms with E-state index in [4.69, 9.17) is 5.26 Å². The molecule has 1 aromatic rings. The average Bonchev–Trinajstić information content (AvgIpc) is 2.38. The number of nitriles is 1. The molecule has 0 radical (unpaired) electrons. The first-order valence-electron chi connectivity index (χ1n) is 6.13. The number of likely N-dealkylation sites (tertiary alicyclic amines) is 1. The summed E-state index contributed by atoms with van der Waals surface area (Å²) < 4.78 is 37.6. The summed E-state index contributed by atoms with van der Waals surface area (Å²) in [7, 11) is 0. The van der Waals surface area contributed by atoms with E-state index < -0.39 is 12.1 Å². The van der Waals surface area contributed by atoms with Gasteiger partial charge in [-0.25, -0.2) is 4.98 Å². The van der Waals surface area contributed by atoms with Crippen LogP contribution in [0.25, 0.3) is 0 Å². The van der Waals surface area contributed by atoms with Crippen LogP contribution in [0.2, 0.25) is 0 Å². The number of halogens is 3. The minimum absolute atomic E-state index is 0.152. The van der Waals surface area contributed by atoms with Gasteiger partial charge in [-0.3, -0.25) is 4.90 Å². The largest absolute Gasteiger partial charge is 0.391 e. The SMILES string of the molecule is N#Cc1cc(CN2CCC(C(F)(F)F)CC2)ccn1. The monoisotopic (exact) mass is 269 g/mol. The molecule has 2 rings (SSSR count). The Bertz CT molecular complexity index is 471. The third kappa shape index (κ3) is 3.67. The summed E-state index contributed by atoms with van der Waals surface area (Å²) >= 11 is 0. The van der Waals surface area contributed by atoms with Gasteiger partial charge < -0.3 is 0 Å². The Morgan fingerprint density at radius 3 is 2.63 bits per heavy atom. The van der Waals surface area contributed by atoms with Crippen LogP contribution in [0.15, 0.2) is 18.3 Å². The van der Waals surface area contributed by atoms with E-state index in [1.807, 2.05) is 11.0 Å². The van der Waals surface area contributed by atoms with Crippen molar-refractivity contribution in [1.29, 1.82) is 5.26 Å². The molecule has 1 aliphatic rings. The Morgan fingerprint density at radius 2 is 2.05 bits per heavy atom. The third-order valence-corrected chi connectivity index (χ3v) is 3.40. The molecule has 0 unspecified atom stereocenters. The van der Waals surface area contributed by atoms with Crippen LogP contribution >= 0.6 is 0 Å². The summed E-state index contributed by atoms with van der Waals surface area (Å²) in [5, 5.41) is 8.74. The molecule has 0 saturated carbocycles. The van der Waals surface area contributed by atoms with Crippen LogP contribution < -0.4 is 0 Å². The molecule has 0 spiro atoms. The van der Waals surface area contributed by atoms with Crippen LogP contribution in [0.5, 0.6) is 0 Å². The Balaban J connectivity index is 1.91. The molecule has 1 fully saturated rings. The van der Waals surface area contributed by atoms with E-state index in [1.54, 1.807) is 18.3 Å². The number of hydrogen-bond acceptors (Lipinski definition) is 3. The number of pyridine rings is 1. The Kier molecular flexibility index (Phi) is 4.05. The first kappa shape index (κ1) is 13.8. The zero-order valence-electron chi connectivity index (χ0n) is 10.3. The highest BCUT2D eigenvalue weighted by Crippen LogP contribution is 2.34. The predicted octanol–water partition coefficient (Wildman–Crippen LogP) is 2.73. The van der Waals surface area contributed by atoms with Gasteiger partial charge in [-0.05, 0) is 43.6 Å². The van der Waals surface area contributed by atoms with Crippen LogP contribution in [-0.4, -0.2) is 29.1 Å². The first-order valence-corrected chi connectivity index (χ1v) is 6.13. The van der Waals surface area contributed by atoms with Crippen LogP contribution in [0.4, 0.5) is 13.2 Å². The second-order valence-electron chi connectivity index (χ2n) is 4.75. The molecule has 0 atom stereocenters. The maximum atomic E-state index is 12.5. The summed E-state index contributed by atoms with van der Waals surface area (Å²) in [5.41, 5.74) is 1.25. The van der Waals surface area contributed by atoms with Gasteiger partial charge in [-0.15, -0.1) is 0 Å². The average molecular weight is 269 g/mol. The number of rotatable bonds is 2. The van der Waals surface area contributed by atoms with Gasteiger partial charge in [0.15, 0.2) is 0 Å². The lowest BCUT2D eigenvalue weighted by Gasteiger charge is -2.32. The lowest BCUT2D eigenvalue weighted by atomic mass is 9.96. The topological polar surface area (TPSA) is 39.9 Å². The maximum absolute atomic E-state index is 12.5. The van der Waals surface area contributed by atoms with Gasteiger partial charge in [0, 0.05) is 12.7 Å². The Hall–Kier alpha value is -1.61. The van der Waals surface area contributed by atoms with Gasteiger partial charge in [0.25, 0.3) is 0 Å². The fourth-order valence-corrected chi connectivity index (χ4v) is 2.31. The molecule has 0 aliphatic carbocycles. The van der Waals surface area contributed by atoms with Crippen molar-refractivity contribution >= 4 is 0 Å². The van der Waals surface area contributed by atoms with Gasteiger partial charge >= 0.3 is 6.18 Å². The minimum atomic E-state index is -4.07. The molecule has 1 aliphatic heterocycles. The van der Waals surface area contributed by atoms with Gasteiger partial charge in [-0.2, -0.15) is 18.4 Å². The molecule has 0 amide bonds. The molecular weight excluding hydrogens is 255 g/mol. The van der Waals surface area contributed by atoms with Crippen LogP contribution in [0.1, 0.15) is 24.1 Å².